The standard InChI is InChI=1S/C14H21BrN2S/c1-17-7-2-3-10(9-16-11-4-5-11)13(17)14-12(15)6-8-18-14/h6,8,10-11,13,16H,2-5,7,9H2,1H3. The molecule has 1 saturated carbocycles. The molecule has 2 fully saturated rings. The molecule has 0 spiro atoms. The fraction of sp³-hybridized carbons (Fsp3) is 0.714. The molecule has 0 radical (unpaired) electrons. The summed E-state index contributed by atoms with van der Waals surface area (Å²) in [6.45, 7) is 2.42. The third-order valence-electron chi connectivity index (χ3n) is 4.17. The zero-order chi connectivity index (χ0) is 12.5. The van der Waals surface area contributed by atoms with Crippen LogP contribution >= 0.6 is 27.3 Å². The van der Waals surface area contributed by atoms with Crippen molar-refractivity contribution >= 4 is 27.3 Å². The minimum atomic E-state index is 0.597. The molecular weight excluding hydrogens is 308 g/mol. The van der Waals surface area contributed by atoms with E-state index in [1.54, 1.807) is 0 Å². The summed E-state index contributed by atoms with van der Waals surface area (Å²) in [5.41, 5.74) is 0. The van der Waals surface area contributed by atoms with Crippen molar-refractivity contribution in [1.82, 2.24) is 10.2 Å². The molecule has 2 heterocycles. The fourth-order valence-electron chi connectivity index (χ4n) is 3.01. The van der Waals surface area contributed by atoms with Crippen LogP contribution in [-0.2, 0) is 0 Å². The van der Waals surface area contributed by atoms with Crippen molar-refractivity contribution in [3.05, 3.63) is 20.8 Å². The quantitative estimate of drug-likeness (QED) is 0.907. The van der Waals surface area contributed by atoms with E-state index < -0.39 is 0 Å². The second-order valence-corrected chi connectivity index (χ2v) is 7.45. The van der Waals surface area contributed by atoms with Crippen LogP contribution in [0.3, 0.4) is 0 Å². The van der Waals surface area contributed by atoms with Crippen LogP contribution in [-0.4, -0.2) is 31.1 Å². The van der Waals surface area contributed by atoms with E-state index in [1.807, 2.05) is 11.3 Å². The predicted octanol–water partition coefficient (Wildman–Crippen LogP) is 3.65. The highest BCUT2D eigenvalue weighted by molar-refractivity contribution is 9.10. The largest absolute Gasteiger partial charge is 0.314 e. The summed E-state index contributed by atoms with van der Waals surface area (Å²) in [5, 5.41) is 5.92. The van der Waals surface area contributed by atoms with Crippen LogP contribution < -0.4 is 5.32 Å². The van der Waals surface area contributed by atoms with Crippen molar-refractivity contribution < 1.29 is 0 Å². The molecule has 2 aliphatic rings. The molecule has 1 aliphatic heterocycles. The van der Waals surface area contributed by atoms with Crippen molar-refractivity contribution in [2.45, 2.75) is 37.8 Å². The Morgan fingerprint density at radius 3 is 2.94 bits per heavy atom. The van der Waals surface area contributed by atoms with Gasteiger partial charge in [0.1, 0.15) is 0 Å². The van der Waals surface area contributed by atoms with E-state index >= 15 is 0 Å². The first-order valence-corrected chi connectivity index (χ1v) is 8.59. The summed E-state index contributed by atoms with van der Waals surface area (Å²) in [7, 11) is 2.28. The maximum absolute atomic E-state index is 3.72. The zero-order valence-corrected chi connectivity index (χ0v) is 13.3. The first kappa shape index (κ1) is 13.1. The average Bonchev–Trinajstić information content (AvgIpc) is 3.09. The Morgan fingerprint density at radius 2 is 2.28 bits per heavy atom. The summed E-state index contributed by atoms with van der Waals surface area (Å²) in [6.07, 6.45) is 5.47. The molecule has 2 nitrogen and oxygen atoms in total. The Kier molecular flexibility index (Phi) is 4.09. The van der Waals surface area contributed by atoms with Gasteiger partial charge in [-0.2, -0.15) is 0 Å². The number of nitrogens with one attached hydrogen (secondary N) is 1. The van der Waals surface area contributed by atoms with Gasteiger partial charge in [0, 0.05) is 28.0 Å². The van der Waals surface area contributed by atoms with Gasteiger partial charge < -0.3 is 5.32 Å². The van der Waals surface area contributed by atoms with Gasteiger partial charge in [-0.25, -0.2) is 0 Å². The van der Waals surface area contributed by atoms with Gasteiger partial charge in [0.25, 0.3) is 0 Å². The highest BCUT2D eigenvalue weighted by Gasteiger charge is 2.33. The predicted molar refractivity (Wildman–Crippen MR) is 81.1 cm³/mol. The maximum atomic E-state index is 3.72. The fourth-order valence-corrected chi connectivity index (χ4v) is 4.87. The number of nitrogens with zero attached hydrogens (tertiary/aromatic N) is 1. The number of hydrogen-bond donors (Lipinski definition) is 1. The number of halogens is 1. The third kappa shape index (κ3) is 2.82. The van der Waals surface area contributed by atoms with E-state index in [-0.39, 0.29) is 0 Å². The lowest BCUT2D eigenvalue weighted by molar-refractivity contribution is 0.121. The van der Waals surface area contributed by atoms with Gasteiger partial charge in [-0.15, -0.1) is 11.3 Å². The molecule has 1 saturated heterocycles. The van der Waals surface area contributed by atoms with Crippen LogP contribution in [0.15, 0.2) is 15.9 Å². The molecule has 2 atom stereocenters. The van der Waals surface area contributed by atoms with Crippen LogP contribution in [0.5, 0.6) is 0 Å². The number of thiophene rings is 1. The van der Waals surface area contributed by atoms with Crippen LogP contribution in [0.25, 0.3) is 0 Å². The smallest absolute Gasteiger partial charge is 0.0490 e. The summed E-state index contributed by atoms with van der Waals surface area (Å²) >= 11 is 5.61. The second kappa shape index (κ2) is 5.61. The highest BCUT2D eigenvalue weighted by atomic mass is 79.9. The maximum Gasteiger partial charge on any atom is 0.0490 e. The monoisotopic (exact) mass is 328 g/mol. The number of rotatable bonds is 4. The molecule has 2 unspecified atom stereocenters. The molecule has 1 aliphatic carbocycles. The Bertz CT molecular complexity index is 402. The molecule has 1 aromatic heterocycles. The van der Waals surface area contributed by atoms with Gasteiger partial charge in [0.15, 0.2) is 0 Å². The van der Waals surface area contributed by atoms with Crippen molar-refractivity contribution in [1.29, 1.82) is 0 Å². The Morgan fingerprint density at radius 1 is 1.44 bits per heavy atom. The topological polar surface area (TPSA) is 15.3 Å². The first-order valence-electron chi connectivity index (χ1n) is 6.92. The Balaban J connectivity index is 1.74. The molecule has 4 heteroatoms. The number of likely N-dealkylation sites (tertiary alicyclic amines) is 1. The molecule has 0 amide bonds. The first-order chi connectivity index (χ1) is 8.75. The Labute approximate surface area is 122 Å². The lowest BCUT2D eigenvalue weighted by Gasteiger charge is -2.39. The SMILES string of the molecule is CN1CCCC(CNC2CC2)C1c1sccc1Br. The minimum absolute atomic E-state index is 0.597. The second-order valence-electron chi connectivity index (χ2n) is 5.64. The molecule has 18 heavy (non-hydrogen) atoms. The van der Waals surface area contributed by atoms with Crippen molar-refractivity contribution in [2.24, 2.45) is 5.92 Å². The van der Waals surface area contributed by atoms with Crippen molar-refractivity contribution in [3.63, 3.8) is 0 Å². The number of piperidine rings is 1. The van der Waals surface area contributed by atoms with Gasteiger partial charge >= 0.3 is 0 Å². The van der Waals surface area contributed by atoms with Gasteiger partial charge in [-0.3, -0.25) is 4.90 Å². The number of hydrogen-bond acceptors (Lipinski definition) is 3. The average molecular weight is 329 g/mol. The van der Waals surface area contributed by atoms with Gasteiger partial charge in [-0.05, 0) is 72.6 Å². The lowest BCUT2D eigenvalue weighted by atomic mass is 9.88. The molecular formula is C14H21BrN2S. The van der Waals surface area contributed by atoms with E-state index in [2.05, 4.69) is 44.6 Å². The molecule has 0 bridgehead atoms. The molecule has 3 rings (SSSR count). The summed E-state index contributed by atoms with van der Waals surface area (Å²) in [5.74, 6) is 0.763. The van der Waals surface area contributed by atoms with Crippen LogP contribution in [0, 0.1) is 5.92 Å². The van der Waals surface area contributed by atoms with Crippen molar-refractivity contribution in [3.8, 4) is 0 Å². The summed E-state index contributed by atoms with van der Waals surface area (Å²) in [6, 6.07) is 3.61. The van der Waals surface area contributed by atoms with E-state index in [1.165, 1.54) is 48.1 Å². The molecule has 100 valence electrons. The third-order valence-corrected chi connectivity index (χ3v) is 6.11. The van der Waals surface area contributed by atoms with E-state index in [4.69, 9.17) is 0 Å². The Hall–Kier alpha value is 0.100. The van der Waals surface area contributed by atoms with Crippen LogP contribution in [0.2, 0.25) is 0 Å². The molecule has 0 aromatic carbocycles. The van der Waals surface area contributed by atoms with Crippen molar-refractivity contribution in [2.75, 3.05) is 20.1 Å². The lowest BCUT2D eigenvalue weighted by Crippen LogP contribution is -2.40. The van der Waals surface area contributed by atoms with Gasteiger partial charge in [-0.1, -0.05) is 0 Å². The summed E-state index contributed by atoms with van der Waals surface area (Å²) in [4.78, 5) is 4.05. The van der Waals surface area contributed by atoms with Gasteiger partial charge in [0.05, 0.1) is 0 Å². The summed E-state index contributed by atoms with van der Waals surface area (Å²) < 4.78 is 1.29. The minimum Gasteiger partial charge on any atom is -0.314 e. The van der Waals surface area contributed by atoms with Crippen LogP contribution in [0.1, 0.15) is 36.6 Å². The molecule has 1 aromatic rings. The normalized spacial score (nSPS) is 29.7. The molecule has 1 N–H and O–H groups in total. The van der Waals surface area contributed by atoms with E-state index in [9.17, 15) is 0 Å². The highest BCUT2D eigenvalue weighted by Crippen LogP contribution is 2.41. The van der Waals surface area contributed by atoms with E-state index in [0.29, 0.717) is 6.04 Å². The van der Waals surface area contributed by atoms with Crippen LogP contribution in [0.4, 0.5) is 0 Å². The van der Waals surface area contributed by atoms with E-state index in [0.717, 1.165) is 12.0 Å². The zero-order valence-electron chi connectivity index (χ0n) is 10.9. The van der Waals surface area contributed by atoms with Gasteiger partial charge in [0.2, 0.25) is 0 Å².